The highest BCUT2D eigenvalue weighted by Gasteiger charge is 2.09. The molecule has 0 aliphatic rings. The van der Waals surface area contributed by atoms with Crippen LogP contribution in [0.4, 0.5) is 11.4 Å². The molecule has 0 saturated heterocycles. The second-order valence-electron chi connectivity index (χ2n) is 4.72. The van der Waals surface area contributed by atoms with Crippen LogP contribution >= 0.6 is 0 Å². The van der Waals surface area contributed by atoms with E-state index in [2.05, 4.69) is 29.0 Å². The van der Waals surface area contributed by atoms with Gasteiger partial charge >= 0.3 is 0 Å². The summed E-state index contributed by atoms with van der Waals surface area (Å²) in [6, 6.07) is 12.4. The molecule has 0 atom stereocenters. The van der Waals surface area contributed by atoms with Gasteiger partial charge in [-0.2, -0.15) is 5.26 Å². The van der Waals surface area contributed by atoms with E-state index in [-0.39, 0.29) is 5.91 Å². The molecule has 2 rings (SSSR count). The van der Waals surface area contributed by atoms with Crippen LogP contribution < -0.4 is 10.2 Å². The first-order valence-electron chi connectivity index (χ1n) is 7.20. The number of benzene rings is 1. The summed E-state index contributed by atoms with van der Waals surface area (Å²) >= 11 is 0. The van der Waals surface area contributed by atoms with Gasteiger partial charge in [0, 0.05) is 18.8 Å². The summed E-state index contributed by atoms with van der Waals surface area (Å²) in [5.74, 6) is -0.291. The second-order valence-corrected chi connectivity index (χ2v) is 4.72. The van der Waals surface area contributed by atoms with Crippen molar-refractivity contribution in [2.24, 2.45) is 0 Å². The first-order valence-corrected chi connectivity index (χ1v) is 7.20. The van der Waals surface area contributed by atoms with Gasteiger partial charge in [0.15, 0.2) is 0 Å². The standard InChI is InChI=1S/C17H18N4O/c1-3-21(4-2)15-8-9-16(19-12-15)17(22)20-14-7-5-6-13(10-14)11-18/h5-10,12H,3-4H2,1-2H3,(H,20,22). The van der Waals surface area contributed by atoms with Crippen molar-refractivity contribution in [3.05, 3.63) is 53.9 Å². The minimum absolute atomic E-state index is 0.291. The third-order valence-corrected chi connectivity index (χ3v) is 3.36. The Labute approximate surface area is 130 Å². The summed E-state index contributed by atoms with van der Waals surface area (Å²) in [5.41, 5.74) is 2.42. The van der Waals surface area contributed by atoms with Crippen LogP contribution in [0.2, 0.25) is 0 Å². The molecular weight excluding hydrogens is 276 g/mol. The van der Waals surface area contributed by atoms with E-state index in [0.717, 1.165) is 18.8 Å². The molecule has 0 bridgehead atoms. The van der Waals surface area contributed by atoms with E-state index in [1.165, 1.54) is 0 Å². The monoisotopic (exact) mass is 294 g/mol. The molecule has 0 aliphatic heterocycles. The van der Waals surface area contributed by atoms with Crippen molar-refractivity contribution in [1.82, 2.24) is 4.98 Å². The third kappa shape index (κ3) is 3.61. The van der Waals surface area contributed by atoms with Gasteiger partial charge in [-0.3, -0.25) is 4.79 Å². The fraction of sp³-hybridized carbons (Fsp3) is 0.235. The quantitative estimate of drug-likeness (QED) is 0.920. The largest absolute Gasteiger partial charge is 0.371 e. The van der Waals surface area contributed by atoms with Gasteiger partial charge in [0.05, 0.1) is 23.5 Å². The van der Waals surface area contributed by atoms with Crippen molar-refractivity contribution in [2.75, 3.05) is 23.3 Å². The van der Waals surface area contributed by atoms with Gasteiger partial charge in [-0.1, -0.05) is 6.07 Å². The summed E-state index contributed by atoms with van der Waals surface area (Å²) in [6.45, 7) is 5.94. The van der Waals surface area contributed by atoms with Gasteiger partial charge in [-0.15, -0.1) is 0 Å². The van der Waals surface area contributed by atoms with Crippen molar-refractivity contribution in [2.45, 2.75) is 13.8 Å². The highest BCUT2D eigenvalue weighted by Crippen LogP contribution is 2.14. The average Bonchev–Trinajstić information content (AvgIpc) is 2.56. The van der Waals surface area contributed by atoms with E-state index < -0.39 is 0 Å². The number of hydrogen-bond acceptors (Lipinski definition) is 4. The molecule has 5 heteroatoms. The summed E-state index contributed by atoms with van der Waals surface area (Å²) in [6.07, 6.45) is 1.70. The lowest BCUT2D eigenvalue weighted by atomic mass is 10.2. The van der Waals surface area contributed by atoms with Crippen molar-refractivity contribution in [3.63, 3.8) is 0 Å². The Bertz CT molecular complexity index is 685. The molecule has 1 heterocycles. The summed E-state index contributed by atoms with van der Waals surface area (Å²) in [4.78, 5) is 18.5. The fourth-order valence-corrected chi connectivity index (χ4v) is 2.16. The van der Waals surface area contributed by atoms with Gasteiger partial charge in [0.2, 0.25) is 0 Å². The second kappa shape index (κ2) is 7.23. The maximum absolute atomic E-state index is 12.2. The first kappa shape index (κ1) is 15.5. The Morgan fingerprint density at radius 2 is 2.05 bits per heavy atom. The molecule has 1 aromatic carbocycles. The Balaban J connectivity index is 2.11. The van der Waals surface area contributed by atoms with Crippen molar-refractivity contribution < 1.29 is 4.79 Å². The van der Waals surface area contributed by atoms with Crippen LogP contribution in [0, 0.1) is 11.3 Å². The molecule has 0 aliphatic carbocycles. The number of carbonyl (C=O) groups is 1. The summed E-state index contributed by atoms with van der Waals surface area (Å²) in [5, 5.41) is 11.6. The number of rotatable bonds is 5. The van der Waals surface area contributed by atoms with Gasteiger partial charge in [0.25, 0.3) is 5.91 Å². The van der Waals surface area contributed by atoms with Crippen LogP contribution in [0.15, 0.2) is 42.6 Å². The van der Waals surface area contributed by atoms with Crippen molar-refractivity contribution >= 4 is 17.3 Å². The highest BCUT2D eigenvalue weighted by molar-refractivity contribution is 6.03. The predicted octanol–water partition coefficient (Wildman–Crippen LogP) is 3.05. The fourth-order valence-electron chi connectivity index (χ4n) is 2.16. The Morgan fingerprint density at radius 3 is 2.64 bits per heavy atom. The molecule has 22 heavy (non-hydrogen) atoms. The first-order chi connectivity index (χ1) is 10.7. The van der Waals surface area contributed by atoms with E-state index in [1.54, 1.807) is 36.5 Å². The van der Waals surface area contributed by atoms with Crippen LogP contribution in [0.5, 0.6) is 0 Å². The Morgan fingerprint density at radius 1 is 1.27 bits per heavy atom. The minimum Gasteiger partial charge on any atom is -0.371 e. The molecule has 1 N–H and O–H groups in total. The van der Waals surface area contributed by atoms with Gasteiger partial charge in [-0.25, -0.2) is 4.98 Å². The summed E-state index contributed by atoms with van der Waals surface area (Å²) < 4.78 is 0. The molecule has 0 radical (unpaired) electrons. The SMILES string of the molecule is CCN(CC)c1ccc(C(=O)Nc2cccc(C#N)c2)nc1. The van der Waals surface area contributed by atoms with Crippen LogP contribution in [-0.2, 0) is 0 Å². The third-order valence-electron chi connectivity index (χ3n) is 3.36. The number of nitriles is 1. The van der Waals surface area contributed by atoms with Crippen LogP contribution in [0.1, 0.15) is 29.9 Å². The van der Waals surface area contributed by atoms with Crippen molar-refractivity contribution in [3.8, 4) is 6.07 Å². The normalized spacial score (nSPS) is 9.86. The number of aromatic nitrogens is 1. The molecule has 5 nitrogen and oxygen atoms in total. The van der Waals surface area contributed by atoms with E-state index in [0.29, 0.717) is 16.9 Å². The average molecular weight is 294 g/mol. The zero-order chi connectivity index (χ0) is 15.9. The topological polar surface area (TPSA) is 69.0 Å². The lowest BCUT2D eigenvalue weighted by molar-refractivity contribution is 0.102. The molecule has 0 saturated carbocycles. The summed E-state index contributed by atoms with van der Waals surface area (Å²) in [7, 11) is 0. The molecule has 112 valence electrons. The molecule has 0 unspecified atom stereocenters. The number of amides is 1. The van der Waals surface area contributed by atoms with Gasteiger partial charge < -0.3 is 10.2 Å². The molecule has 0 spiro atoms. The number of hydrogen-bond donors (Lipinski definition) is 1. The molecular formula is C17H18N4O. The van der Waals surface area contributed by atoms with E-state index in [1.807, 2.05) is 12.1 Å². The zero-order valence-corrected chi connectivity index (χ0v) is 12.7. The van der Waals surface area contributed by atoms with Crippen LogP contribution in [-0.4, -0.2) is 24.0 Å². The molecule has 1 amide bonds. The zero-order valence-electron chi connectivity index (χ0n) is 12.7. The lowest BCUT2D eigenvalue weighted by Gasteiger charge is -2.20. The number of nitrogens with zero attached hydrogens (tertiary/aromatic N) is 3. The molecule has 1 aromatic heterocycles. The number of carbonyl (C=O) groups excluding carboxylic acids is 1. The predicted molar refractivity (Wildman–Crippen MR) is 86.9 cm³/mol. The van der Waals surface area contributed by atoms with Gasteiger partial charge in [0.1, 0.15) is 5.69 Å². The highest BCUT2D eigenvalue weighted by atomic mass is 16.1. The smallest absolute Gasteiger partial charge is 0.274 e. The maximum atomic E-state index is 12.2. The lowest BCUT2D eigenvalue weighted by Crippen LogP contribution is -2.22. The number of pyridine rings is 1. The van der Waals surface area contributed by atoms with E-state index in [9.17, 15) is 4.79 Å². The molecule has 0 fully saturated rings. The Hall–Kier alpha value is -2.87. The minimum atomic E-state index is -0.291. The maximum Gasteiger partial charge on any atom is 0.274 e. The van der Waals surface area contributed by atoms with E-state index in [4.69, 9.17) is 5.26 Å². The number of nitrogens with one attached hydrogen (secondary N) is 1. The van der Waals surface area contributed by atoms with Crippen LogP contribution in [0.25, 0.3) is 0 Å². The van der Waals surface area contributed by atoms with Crippen molar-refractivity contribution in [1.29, 1.82) is 5.26 Å². The van der Waals surface area contributed by atoms with Crippen LogP contribution in [0.3, 0.4) is 0 Å². The van der Waals surface area contributed by atoms with E-state index >= 15 is 0 Å². The molecule has 2 aromatic rings. The Kier molecular flexibility index (Phi) is 5.10. The number of anilines is 2. The van der Waals surface area contributed by atoms with Gasteiger partial charge in [-0.05, 0) is 44.2 Å².